The number of anilines is 4. The first-order chi connectivity index (χ1) is 16.9. The molecule has 0 saturated carbocycles. The van der Waals surface area contributed by atoms with Gasteiger partial charge in [-0.1, -0.05) is 6.07 Å². The van der Waals surface area contributed by atoms with Crippen LogP contribution in [0, 0.1) is 5.41 Å². The molecule has 3 fully saturated rings. The molecule has 3 aliphatic heterocycles. The molecule has 1 aromatic carbocycles. The molecular formula is C25H32N8O2. The van der Waals surface area contributed by atoms with E-state index in [-0.39, 0.29) is 11.8 Å². The molecule has 2 aromatic rings. The van der Waals surface area contributed by atoms with Crippen molar-refractivity contribution >= 4 is 40.4 Å². The fraction of sp³-hybridized carbons (Fsp3) is 0.440. The van der Waals surface area contributed by atoms with E-state index in [1.807, 2.05) is 30.5 Å². The van der Waals surface area contributed by atoms with E-state index in [1.54, 1.807) is 6.92 Å². The number of nitrogens with one attached hydrogen (secondary N) is 3. The van der Waals surface area contributed by atoms with Crippen LogP contribution in [0.3, 0.4) is 0 Å². The molecule has 1 aromatic heterocycles. The van der Waals surface area contributed by atoms with E-state index in [9.17, 15) is 9.59 Å². The second kappa shape index (κ2) is 9.53. The number of hydrogen-bond donors (Lipinski definition) is 4. The van der Waals surface area contributed by atoms with Crippen LogP contribution in [-0.2, 0) is 9.59 Å². The average molecular weight is 477 g/mol. The van der Waals surface area contributed by atoms with Gasteiger partial charge in [0.2, 0.25) is 11.8 Å². The van der Waals surface area contributed by atoms with Gasteiger partial charge in [-0.15, -0.1) is 0 Å². The van der Waals surface area contributed by atoms with E-state index >= 15 is 0 Å². The molecule has 5 rings (SSSR count). The first-order valence-corrected chi connectivity index (χ1v) is 12.1. The molecule has 1 atom stereocenters. The van der Waals surface area contributed by atoms with Crippen molar-refractivity contribution < 1.29 is 9.59 Å². The van der Waals surface area contributed by atoms with E-state index in [4.69, 9.17) is 11.1 Å². The molecule has 0 bridgehead atoms. The van der Waals surface area contributed by atoms with Gasteiger partial charge in [0.1, 0.15) is 11.9 Å². The molecule has 0 radical (unpaired) electrons. The molecule has 0 aliphatic carbocycles. The topological polar surface area (TPSA) is 131 Å². The van der Waals surface area contributed by atoms with Crippen LogP contribution in [0.25, 0.3) is 0 Å². The average Bonchev–Trinajstić information content (AvgIpc) is 2.81. The van der Waals surface area contributed by atoms with Gasteiger partial charge in [0, 0.05) is 74.4 Å². The standard InChI is InChI=1S/C25H32N8O2/c1-16(26)24-19(29-20-6-8-23(34)30-25(20)35)3-2-4-21(24)32-11-9-31(10-12-32)18-14-33(15-18)17-5-7-22(27)28-13-17/h2-5,7,13,18,20,26,29H,6,8-12,14-15H2,1H3,(H2,27,28)(H,30,34,35). The van der Waals surface area contributed by atoms with Gasteiger partial charge in [0.05, 0.1) is 11.9 Å². The number of carbonyl (C=O) groups excluding carboxylic acids is 2. The number of carbonyl (C=O) groups is 2. The zero-order chi connectivity index (χ0) is 24.5. The number of benzene rings is 1. The molecule has 3 aliphatic rings. The van der Waals surface area contributed by atoms with E-state index < -0.39 is 6.04 Å². The van der Waals surface area contributed by atoms with Gasteiger partial charge < -0.3 is 26.3 Å². The highest BCUT2D eigenvalue weighted by Crippen LogP contribution is 2.31. The molecular weight excluding hydrogens is 444 g/mol. The summed E-state index contributed by atoms with van der Waals surface area (Å²) in [6, 6.07) is 9.84. The Hall–Kier alpha value is -3.66. The maximum Gasteiger partial charge on any atom is 0.249 e. The van der Waals surface area contributed by atoms with Crippen molar-refractivity contribution in [3.63, 3.8) is 0 Å². The zero-order valence-electron chi connectivity index (χ0n) is 20.0. The number of nitrogens with two attached hydrogens (primary N) is 1. The number of pyridine rings is 1. The number of piperidine rings is 1. The second-order valence-electron chi connectivity index (χ2n) is 9.50. The Bertz CT molecular complexity index is 1120. The van der Waals surface area contributed by atoms with Crippen molar-refractivity contribution in [2.75, 3.05) is 60.1 Å². The molecule has 5 N–H and O–H groups in total. The van der Waals surface area contributed by atoms with Crippen LogP contribution < -0.4 is 26.2 Å². The van der Waals surface area contributed by atoms with Crippen LogP contribution in [0.2, 0.25) is 0 Å². The fourth-order valence-corrected chi connectivity index (χ4v) is 5.15. The summed E-state index contributed by atoms with van der Waals surface area (Å²) in [7, 11) is 0. The van der Waals surface area contributed by atoms with Crippen molar-refractivity contribution in [1.82, 2.24) is 15.2 Å². The van der Waals surface area contributed by atoms with Crippen molar-refractivity contribution in [3.8, 4) is 0 Å². The molecule has 3 saturated heterocycles. The van der Waals surface area contributed by atoms with Gasteiger partial charge in [-0.2, -0.15) is 0 Å². The maximum absolute atomic E-state index is 12.3. The Kier molecular flexibility index (Phi) is 6.29. The Balaban J connectivity index is 1.22. The van der Waals surface area contributed by atoms with Crippen molar-refractivity contribution in [2.24, 2.45) is 0 Å². The summed E-state index contributed by atoms with van der Waals surface area (Å²) in [6.45, 7) is 7.42. The number of rotatable bonds is 6. The summed E-state index contributed by atoms with van der Waals surface area (Å²) in [5.41, 5.74) is 9.85. The van der Waals surface area contributed by atoms with Crippen LogP contribution >= 0.6 is 0 Å². The van der Waals surface area contributed by atoms with Crippen LogP contribution in [-0.4, -0.2) is 78.8 Å². The minimum absolute atomic E-state index is 0.233. The van der Waals surface area contributed by atoms with Gasteiger partial charge in [-0.3, -0.25) is 19.8 Å². The first-order valence-electron chi connectivity index (χ1n) is 12.1. The van der Waals surface area contributed by atoms with Crippen molar-refractivity contribution in [2.45, 2.75) is 31.8 Å². The third-order valence-electron chi connectivity index (χ3n) is 7.16. The predicted octanol–water partition coefficient (Wildman–Crippen LogP) is 1.28. The quantitative estimate of drug-likeness (QED) is 0.362. The summed E-state index contributed by atoms with van der Waals surface area (Å²) in [5, 5.41) is 14.1. The molecule has 35 heavy (non-hydrogen) atoms. The lowest BCUT2D eigenvalue weighted by molar-refractivity contribution is -0.133. The summed E-state index contributed by atoms with van der Waals surface area (Å²) < 4.78 is 0. The Morgan fingerprint density at radius 3 is 2.54 bits per heavy atom. The highest BCUT2D eigenvalue weighted by molar-refractivity contribution is 6.08. The van der Waals surface area contributed by atoms with E-state index in [2.05, 4.69) is 36.4 Å². The lowest BCUT2D eigenvalue weighted by Gasteiger charge is -2.49. The Morgan fingerprint density at radius 1 is 1.11 bits per heavy atom. The van der Waals surface area contributed by atoms with Crippen molar-refractivity contribution in [3.05, 3.63) is 42.1 Å². The predicted molar refractivity (Wildman–Crippen MR) is 137 cm³/mol. The van der Waals surface area contributed by atoms with Crippen LogP contribution in [0.15, 0.2) is 36.5 Å². The van der Waals surface area contributed by atoms with E-state index in [1.165, 1.54) is 0 Å². The van der Waals surface area contributed by atoms with Gasteiger partial charge >= 0.3 is 0 Å². The highest BCUT2D eigenvalue weighted by Gasteiger charge is 2.34. The first kappa shape index (κ1) is 23.1. The Morgan fingerprint density at radius 2 is 1.89 bits per heavy atom. The van der Waals surface area contributed by atoms with Crippen LogP contribution in [0.5, 0.6) is 0 Å². The molecule has 2 amide bonds. The number of nitrogen functional groups attached to an aromatic ring is 1. The third-order valence-corrected chi connectivity index (χ3v) is 7.16. The number of amides is 2. The monoisotopic (exact) mass is 476 g/mol. The smallest absolute Gasteiger partial charge is 0.249 e. The number of aromatic nitrogens is 1. The number of hydrogen-bond acceptors (Lipinski definition) is 9. The lowest BCUT2D eigenvalue weighted by atomic mass is 10.0. The summed E-state index contributed by atoms with van der Waals surface area (Å²) in [5.74, 6) is -0.00107. The minimum Gasteiger partial charge on any atom is -0.384 e. The number of imide groups is 1. The summed E-state index contributed by atoms with van der Waals surface area (Å²) in [6.07, 6.45) is 2.60. The minimum atomic E-state index is -0.476. The summed E-state index contributed by atoms with van der Waals surface area (Å²) >= 11 is 0. The molecule has 10 nitrogen and oxygen atoms in total. The number of piperazine rings is 1. The maximum atomic E-state index is 12.3. The Labute approximate surface area is 205 Å². The molecule has 10 heteroatoms. The van der Waals surface area contributed by atoms with Crippen molar-refractivity contribution in [1.29, 1.82) is 5.41 Å². The van der Waals surface area contributed by atoms with Gasteiger partial charge in [-0.05, 0) is 37.6 Å². The highest BCUT2D eigenvalue weighted by atomic mass is 16.2. The fourth-order valence-electron chi connectivity index (χ4n) is 5.15. The van der Waals surface area contributed by atoms with Crippen LogP contribution in [0.1, 0.15) is 25.3 Å². The second-order valence-corrected chi connectivity index (χ2v) is 9.50. The molecule has 0 spiro atoms. The third kappa shape index (κ3) is 4.79. The van der Waals surface area contributed by atoms with Crippen LogP contribution in [0.4, 0.5) is 22.9 Å². The van der Waals surface area contributed by atoms with E-state index in [0.717, 1.165) is 61.9 Å². The van der Waals surface area contributed by atoms with Gasteiger partial charge in [0.15, 0.2) is 0 Å². The number of nitrogens with zero attached hydrogens (tertiary/aromatic N) is 4. The molecule has 184 valence electrons. The zero-order valence-corrected chi connectivity index (χ0v) is 20.0. The van der Waals surface area contributed by atoms with Gasteiger partial charge in [0.25, 0.3) is 0 Å². The largest absolute Gasteiger partial charge is 0.384 e. The summed E-state index contributed by atoms with van der Waals surface area (Å²) in [4.78, 5) is 35.1. The normalized spacial score (nSPS) is 21.5. The molecule has 4 heterocycles. The SMILES string of the molecule is CC(=N)c1c(NC2CCC(=O)NC2=O)cccc1N1CCN(C2CN(c3ccc(N)nc3)C2)CC1. The van der Waals surface area contributed by atoms with E-state index in [0.29, 0.717) is 30.4 Å². The van der Waals surface area contributed by atoms with Gasteiger partial charge in [-0.25, -0.2) is 4.98 Å². The molecule has 1 unspecified atom stereocenters. The lowest BCUT2D eigenvalue weighted by Crippen LogP contribution is -2.63.